The second kappa shape index (κ2) is 7.46. The third-order valence-electron chi connectivity index (χ3n) is 3.57. The quantitative estimate of drug-likeness (QED) is 0.807. The molecular weight excluding hydrogens is 266 g/mol. The third kappa shape index (κ3) is 4.21. The number of hydrogen-bond donors (Lipinski definition) is 0. The van der Waals surface area contributed by atoms with E-state index >= 15 is 0 Å². The Morgan fingerprint density at radius 3 is 2.62 bits per heavy atom. The van der Waals surface area contributed by atoms with E-state index in [2.05, 4.69) is 0 Å². The van der Waals surface area contributed by atoms with Crippen LogP contribution < -0.4 is 4.74 Å². The van der Waals surface area contributed by atoms with Crippen LogP contribution in [0.3, 0.4) is 0 Å². The van der Waals surface area contributed by atoms with Gasteiger partial charge in [0.25, 0.3) is 5.91 Å². The molecule has 1 fully saturated rings. The summed E-state index contributed by atoms with van der Waals surface area (Å²) in [5.41, 5.74) is 1.67. The van der Waals surface area contributed by atoms with Gasteiger partial charge in [0.05, 0.1) is 19.3 Å². The average Bonchev–Trinajstić information content (AvgIpc) is 2.99. The number of hydrogen-bond acceptors (Lipinski definition) is 3. The van der Waals surface area contributed by atoms with Gasteiger partial charge in [-0.05, 0) is 51.8 Å². The molecule has 1 aromatic carbocycles. The first-order valence-corrected chi connectivity index (χ1v) is 7.78. The highest BCUT2D eigenvalue weighted by Gasteiger charge is 2.20. The third-order valence-corrected chi connectivity index (χ3v) is 3.57. The zero-order valence-electron chi connectivity index (χ0n) is 13.2. The van der Waals surface area contributed by atoms with E-state index in [1.165, 1.54) is 0 Å². The highest BCUT2D eigenvalue weighted by Crippen LogP contribution is 2.23. The molecular formula is C17H25NO3. The Balaban J connectivity index is 2.18. The van der Waals surface area contributed by atoms with Crippen molar-refractivity contribution in [1.29, 1.82) is 0 Å². The number of likely N-dealkylation sites (tertiary alicyclic amines) is 1. The molecule has 1 aliphatic rings. The van der Waals surface area contributed by atoms with Crippen molar-refractivity contribution >= 4 is 5.91 Å². The summed E-state index contributed by atoms with van der Waals surface area (Å²) in [6.07, 6.45) is 2.36. The summed E-state index contributed by atoms with van der Waals surface area (Å²) in [5.74, 6) is 0.914. The van der Waals surface area contributed by atoms with Crippen LogP contribution in [0.5, 0.6) is 5.75 Å². The molecule has 0 aliphatic carbocycles. The molecule has 0 atom stereocenters. The molecule has 116 valence electrons. The molecule has 1 saturated heterocycles. The molecule has 1 amide bonds. The standard InChI is InChI=1S/C17H25NO3/c1-4-20-16-8-7-14(11-15(16)12-21-13(2)3)17(19)18-9-5-6-10-18/h7-8,11,13H,4-6,9-10,12H2,1-3H3. The van der Waals surface area contributed by atoms with Crippen molar-refractivity contribution in [3.63, 3.8) is 0 Å². The Kier molecular flexibility index (Phi) is 5.62. The second-order valence-electron chi connectivity index (χ2n) is 5.61. The zero-order chi connectivity index (χ0) is 15.2. The zero-order valence-corrected chi connectivity index (χ0v) is 13.2. The van der Waals surface area contributed by atoms with Crippen molar-refractivity contribution in [3.8, 4) is 5.75 Å². The van der Waals surface area contributed by atoms with E-state index in [1.54, 1.807) is 0 Å². The number of carbonyl (C=O) groups excluding carboxylic acids is 1. The van der Waals surface area contributed by atoms with Crippen LogP contribution in [-0.2, 0) is 11.3 Å². The molecule has 1 aromatic rings. The summed E-state index contributed by atoms with van der Waals surface area (Å²) in [6.45, 7) is 8.76. The predicted octanol–water partition coefficient (Wildman–Crippen LogP) is 3.25. The van der Waals surface area contributed by atoms with Gasteiger partial charge < -0.3 is 14.4 Å². The molecule has 0 unspecified atom stereocenters. The van der Waals surface area contributed by atoms with Crippen molar-refractivity contribution < 1.29 is 14.3 Å². The topological polar surface area (TPSA) is 38.8 Å². The van der Waals surface area contributed by atoms with Crippen LogP contribution in [0, 0.1) is 0 Å². The molecule has 0 aromatic heterocycles. The molecule has 0 N–H and O–H groups in total. The number of amides is 1. The van der Waals surface area contributed by atoms with Gasteiger partial charge in [-0.2, -0.15) is 0 Å². The molecule has 2 rings (SSSR count). The minimum absolute atomic E-state index is 0.112. The lowest BCUT2D eigenvalue weighted by Gasteiger charge is -2.17. The normalized spacial score (nSPS) is 14.8. The first kappa shape index (κ1) is 15.8. The number of nitrogens with zero attached hydrogens (tertiary/aromatic N) is 1. The van der Waals surface area contributed by atoms with Gasteiger partial charge in [-0.25, -0.2) is 0 Å². The molecule has 4 heteroatoms. The maximum Gasteiger partial charge on any atom is 0.253 e. The van der Waals surface area contributed by atoms with Crippen molar-refractivity contribution in [1.82, 2.24) is 4.90 Å². The molecule has 1 aliphatic heterocycles. The lowest BCUT2D eigenvalue weighted by atomic mass is 10.1. The molecule has 21 heavy (non-hydrogen) atoms. The van der Waals surface area contributed by atoms with E-state index in [9.17, 15) is 4.79 Å². The predicted molar refractivity (Wildman–Crippen MR) is 82.7 cm³/mol. The van der Waals surface area contributed by atoms with Gasteiger partial charge >= 0.3 is 0 Å². The van der Waals surface area contributed by atoms with E-state index in [4.69, 9.17) is 9.47 Å². The van der Waals surface area contributed by atoms with Crippen LogP contribution in [0.15, 0.2) is 18.2 Å². The maximum atomic E-state index is 12.5. The Bertz CT molecular complexity index is 479. The van der Waals surface area contributed by atoms with Gasteiger partial charge in [0.1, 0.15) is 5.75 Å². The minimum atomic E-state index is 0.112. The van der Waals surface area contributed by atoms with Crippen LogP contribution >= 0.6 is 0 Å². The summed E-state index contributed by atoms with van der Waals surface area (Å²) in [7, 11) is 0. The van der Waals surface area contributed by atoms with Gasteiger partial charge in [-0.15, -0.1) is 0 Å². The lowest BCUT2D eigenvalue weighted by molar-refractivity contribution is 0.0640. The Hall–Kier alpha value is -1.55. The summed E-state index contributed by atoms with van der Waals surface area (Å²) in [6, 6.07) is 5.64. The Morgan fingerprint density at radius 1 is 1.29 bits per heavy atom. The number of rotatable bonds is 6. The fourth-order valence-corrected chi connectivity index (χ4v) is 2.48. The fourth-order valence-electron chi connectivity index (χ4n) is 2.48. The number of benzene rings is 1. The maximum absolute atomic E-state index is 12.5. The van der Waals surface area contributed by atoms with E-state index < -0.39 is 0 Å². The molecule has 1 heterocycles. The number of carbonyl (C=O) groups is 1. The Labute approximate surface area is 127 Å². The van der Waals surface area contributed by atoms with E-state index in [-0.39, 0.29) is 12.0 Å². The number of ether oxygens (including phenoxy) is 2. The summed E-state index contributed by atoms with van der Waals surface area (Å²) in [4.78, 5) is 14.4. The van der Waals surface area contributed by atoms with E-state index in [1.807, 2.05) is 43.9 Å². The second-order valence-corrected chi connectivity index (χ2v) is 5.61. The molecule has 4 nitrogen and oxygen atoms in total. The van der Waals surface area contributed by atoms with Gasteiger partial charge in [-0.3, -0.25) is 4.79 Å². The largest absolute Gasteiger partial charge is 0.494 e. The van der Waals surface area contributed by atoms with Crippen molar-refractivity contribution in [3.05, 3.63) is 29.3 Å². The SMILES string of the molecule is CCOc1ccc(C(=O)N2CCCC2)cc1COC(C)C. The van der Waals surface area contributed by atoms with E-state index in [0.717, 1.165) is 42.8 Å². The first-order chi connectivity index (χ1) is 10.1. The van der Waals surface area contributed by atoms with Crippen LogP contribution in [0.1, 0.15) is 49.5 Å². The van der Waals surface area contributed by atoms with E-state index in [0.29, 0.717) is 13.2 Å². The molecule has 0 saturated carbocycles. The van der Waals surface area contributed by atoms with Crippen LogP contribution in [0.2, 0.25) is 0 Å². The van der Waals surface area contributed by atoms with Crippen LogP contribution in [0.25, 0.3) is 0 Å². The lowest BCUT2D eigenvalue weighted by Crippen LogP contribution is -2.27. The highest BCUT2D eigenvalue weighted by molar-refractivity contribution is 5.94. The van der Waals surface area contributed by atoms with Crippen molar-refractivity contribution in [2.75, 3.05) is 19.7 Å². The summed E-state index contributed by atoms with van der Waals surface area (Å²) < 4.78 is 11.3. The highest BCUT2D eigenvalue weighted by atomic mass is 16.5. The smallest absolute Gasteiger partial charge is 0.253 e. The fraction of sp³-hybridized carbons (Fsp3) is 0.588. The summed E-state index contributed by atoms with van der Waals surface area (Å²) >= 11 is 0. The monoisotopic (exact) mass is 291 g/mol. The molecule has 0 radical (unpaired) electrons. The van der Waals surface area contributed by atoms with Gasteiger partial charge in [-0.1, -0.05) is 0 Å². The van der Waals surface area contributed by atoms with Crippen LogP contribution in [0.4, 0.5) is 0 Å². The first-order valence-electron chi connectivity index (χ1n) is 7.78. The van der Waals surface area contributed by atoms with Crippen molar-refractivity contribution in [2.45, 2.75) is 46.3 Å². The van der Waals surface area contributed by atoms with Gasteiger partial charge in [0.15, 0.2) is 0 Å². The van der Waals surface area contributed by atoms with Gasteiger partial charge in [0, 0.05) is 24.2 Å². The van der Waals surface area contributed by atoms with Gasteiger partial charge in [0.2, 0.25) is 0 Å². The minimum Gasteiger partial charge on any atom is -0.494 e. The van der Waals surface area contributed by atoms with Crippen molar-refractivity contribution in [2.24, 2.45) is 0 Å². The average molecular weight is 291 g/mol. The molecule has 0 spiro atoms. The molecule has 0 bridgehead atoms. The Morgan fingerprint density at radius 2 is 2.00 bits per heavy atom. The summed E-state index contributed by atoms with van der Waals surface area (Å²) in [5, 5.41) is 0. The van der Waals surface area contributed by atoms with Crippen LogP contribution in [-0.4, -0.2) is 36.6 Å².